The summed E-state index contributed by atoms with van der Waals surface area (Å²) in [5.41, 5.74) is 0.144. The fraction of sp³-hybridized carbons (Fsp3) is 0.250. The molecule has 1 rings (SSSR count). The monoisotopic (exact) mass is 221 g/mol. The second-order valence-corrected chi connectivity index (χ2v) is 4.60. The van der Waals surface area contributed by atoms with Gasteiger partial charge in [0, 0.05) is 11.6 Å². The van der Waals surface area contributed by atoms with Crippen LogP contribution < -0.4 is 5.14 Å². The van der Waals surface area contributed by atoms with Gasteiger partial charge in [-0.2, -0.15) is 0 Å². The van der Waals surface area contributed by atoms with E-state index in [0.29, 0.717) is 6.07 Å². The van der Waals surface area contributed by atoms with Crippen molar-refractivity contribution < 1.29 is 17.2 Å². The minimum atomic E-state index is -3.80. The zero-order chi connectivity index (χ0) is 10.9. The number of hydrogen-bond acceptors (Lipinski definition) is 2. The lowest BCUT2D eigenvalue weighted by atomic mass is 10.1. The van der Waals surface area contributed by atoms with Crippen LogP contribution in [0.3, 0.4) is 0 Å². The van der Waals surface area contributed by atoms with Gasteiger partial charge in [0.2, 0.25) is 10.0 Å². The minimum absolute atomic E-state index is 0.0890. The van der Waals surface area contributed by atoms with E-state index in [2.05, 4.69) is 0 Å². The van der Waals surface area contributed by atoms with E-state index < -0.39 is 27.4 Å². The van der Waals surface area contributed by atoms with Crippen molar-refractivity contribution in [2.45, 2.75) is 12.7 Å². The Hall–Kier alpha value is -1.01. The molecule has 0 bridgehead atoms. The van der Waals surface area contributed by atoms with Crippen molar-refractivity contribution in [3.05, 3.63) is 34.9 Å². The van der Waals surface area contributed by atoms with Crippen LogP contribution in [-0.4, -0.2) is 8.42 Å². The van der Waals surface area contributed by atoms with Gasteiger partial charge in [-0.3, -0.25) is 0 Å². The van der Waals surface area contributed by atoms with Gasteiger partial charge in [-0.25, -0.2) is 22.3 Å². The average Bonchev–Trinajstić information content (AvgIpc) is 1.95. The van der Waals surface area contributed by atoms with E-state index >= 15 is 0 Å². The summed E-state index contributed by atoms with van der Waals surface area (Å²) in [6.45, 7) is 1.42. The maximum Gasteiger partial charge on any atom is 0.213 e. The molecule has 1 aromatic rings. The summed E-state index contributed by atoms with van der Waals surface area (Å²) in [4.78, 5) is 0. The number of aryl methyl sites for hydroxylation is 1. The molecule has 2 N–H and O–H groups in total. The van der Waals surface area contributed by atoms with E-state index in [0.717, 1.165) is 6.07 Å². The standard InChI is InChI=1S/C8H9F2NO2S/c1-5-2-6(9)3-8(10)7(5)4-14(11,12)13/h2-3H,4H2,1H3,(H2,11,12,13). The summed E-state index contributed by atoms with van der Waals surface area (Å²) >= 11 is 0. The molecule has 0 amide bonds. The van der Waals surface area contributed by atoms with Gasteiger partial charge in [0.25, 0.3) is 0 Å². The highest BCUT2D eigenvalue weighted by atomic mass is 32.2. The van der Waals surface area contributed by atoms with Crippen molar-refractivity contribution in [3.8, 4) is 0 Å². The van der Waals surface area contributed by atoms with Crippen molar-refractivity contribution in [2.75, 3.05) is 0 Å². The molecule has 0 aliphatic carbocycles. The summed E-state index contributed by atoms with van der Waals surface area (Å²) < 4.78 is 47.1. The predicted octanol–water partition coefficient (Wildman–Crippen LogP) is 1.06. The van der Waals surface area contributed by atoms with Crippen molar-refractivity contribution in [3.63, 3.8) is 0 Å². The van der Waals surface area contributed by atoms with Crippen LogP contribution in [-0.2, 0) is 15.8 Å². The topological polar surface area (TPSA) is 60.2 Å². The number of halogens is 2. The van der Waals surface area contributed by atoms with Crippen molar-refractivity contribution in [2.24, 2.45) is 5.14 Å². The smallest absolute Gasteiger partial charge is 0.213 e. The van der Waals surface area contributed by atoms with E-state index in [1.165, 1.54) is 6.92 Å². The van der Waals surface area contributed by atoms with Gasteiger partial charge in [0.1, 0.15) is 11.6 Å². The first-order valence-corrected chi connectivity index (χ1v) is 5.46. The highest BCUT2D eigenvalue weighted by Gasteiger charge is 2.13. The van der Waals surface area contributed by atoms with Crippen LogP contribution in [0.1, 0.15) is 11.1 Å². The third-order valence-corrected chi connectivity index (χ3v) is 2.42. The number of benzene rings is 1. The van der Waals surface area contributed by atoms with Crippen molar-refractivity contribution in [1.82, 2.24) is 0 Å². The Morgan fingerprint density at radius 3 is 2.36 bits per heavy atom. The first-order chi connectivity index (χ1) is 6.29. The lowest BCUT2D eigenvalue weighted by Gasteiger charge is -2.05. The molecule has 0 radical (unpaired) electrons. The first-order valence-electron chi connectivity index (χ1n) is 3.74. The largest absolute Gasteiger partial charge is 0.228 e. The van der Waals surface area contributed by atoms with Crippen LogP contribution in [0.25, 0.3) is 0 Å². The number of rotatable bonds is 2. The molecule has 0 atom stereocenters. The molecular weight excluding hydrogens is 212 g/mol. The molecule has 0 heterocycles. The Bertz CT molecular complexity index is 433. The van der Waals surface area contributed by atoms with E-state index in [-0.39, 0.29) is 11.1 Å². The molecule has 0 saturated heterocycles. The Balaban J connectivity index is 3.22. The van der Waals surface area contributed by atoms with Crippen LogP contribution in [0.15, 0.2) is 12.1 Å². The third kappa shape index (κ3) is 2.74. The van der Waals surface area contributed by atoms with Gasteiger partial charge in [-0.05, 0) is 18.6 Å². The number of nitrogens with two attached hydrogens (primary N) is 1. The molecule has 78 valence electrons. The van der Waals surface area contributed by atoms with Crippen molar-refractivity contribution in [1.29, 1.82) is 0 Å². The molecule has 3 nitrogen and oxygen atoms in total. The Kier molecular flexibility index (Phi) is 2.86. The summed E-state index contributed by atoms with van der Waals surface area (Å²) in [5, 5.41) is 4.76. The molecule has 0 aliphatic heterocycles. The van der Waals surface area contributed by atoms with Crippen LogP contribution in [0, 0.1) is 18.6 Å². The fourth-order valence-corrected chi connectivity index (χ4v) is 1.88. The van der Waals surface area contributed by atoms with Gasteiger partial charge in [0.15, 0.2) is 0 Å². The molecule has 1 aromatic carbocycles. The van der Waals surface area contributed by atoms with E-state index in [1.807, 2.05) is 0 Å². The second-order valence-electron chi connectivity index (χ2n) is 2.99. The van der Waals surface area contributed by atoms with Crippen molar-refractivity contribution >= 4 is 10.0 Å². The van der Waals surface area contributed by atoms with Crippen LogP contribution in [0.5, 0.6) is 0 Å². The lowest BCUT2D eigenvalue weighted by Crippen LogP contribution is -2.16. The SMILES string of the molecule is Cc1cc(F)cc(F)c1CS(N)(=O)=O. The summed E-state index contributed by atoms with van der Waals surface area (Å²) in [5.74, 6) is -2.25. The zero-order valence-corrected chi connectivity index (χ0v) is 8.24. The second kappa shape index (κ2) is 3.62. The Labute approximate surface area is 80.6 Å². The number of hydrogen-bond donors (Lipinski definition) is 1. The number of primary sulfonamides is 1. The van der Waals surface area contributed by atoms with Gasteiger partial charge in [-0.15, -0.1) is 0 Å². The molecule has 0 aliphatic rings. The van der Waals surface area contributed by atoms with Gasteiger partial charge < -0.3 is 0 Å². The van der Waals surface area contributed by atoms with E-state index in [4.69, 9.17) is 5.14 Å². The maximum atomic E-state index is 13.1. The highest BCUT2D eigenvalue weighted by molar-refractivity contribution is 7.88. The molecule has 6 heteroatoms. The van der Waals surface area contributed by atoms with Gasteiger partial charge in [0.05, 0.1) is 5.75 Å². The van der Waals surface area contributed by atoms with Gasteiger partial charge >= 0.3 is 0 Å². The molecular formula is C8H9F2NO2S. The Morgan fingerprint density at radius 1 is 1.36 bits per heavy atom. The summed E-state index contributed by atoms with van der Waals surface area (Å²) in [6, 6.07) is 1.69. The Morgan fingerprint density at radius 2 is 1.93 bits per heavy atom. The molecule has 0 spiro atoms. The first kappa shape index (κ1) is 11.1. The predicted molar refractivity (Wildman–Crippen MR) is 47.9 cm³/mol. The highest BCUT2D eigenvalue weighted by Crippen LogP contribution is 2.16. The quantitative estimate of drug-likeness (QED) is 0.811. The molecule has 0 aromatic heterocycles. The molecule has 0 fully saturated rings. The lowest BCUT2D eigenvalue weighted by molar-refractivity contribution is 0.567. The van der Waals surface area contributed by atoms with E-state index in [1.54, 1.807) is 0 Å². The zero-order valence-electron chi connectivity index (χ0n) is 7.42. The maximum absolute atomic E-state index is 13.1. The number of sulfonamides is 1. The molecule has 0 saturated carbocycles. The third-order valence-electron chi connectivity index (χ3n) is 1.73. The minimum Gasteiger partial charge on any atom is -0.228 e. The van der Waals surface area contributed by atoms with Crippen LogP contribution in [0.4, 0.5) is 8.78 Å². The van der Waals surface area contributed by atoms with Crippen LogP contribution in [0.2, 0.25) is 0 Å². The van der Waals surface area contributed by atoms with Gasteiger partial charge in [-0.1, -0.05) is 0 Å². The molecule has 0 unspecified atom stereocenters. The summed E-state index contributed by atoms with van der Waals surface area (Å²) in [7, 11) is -3.80. The summed E-state index contributed by atoms with van der Waals surface area (Å²) in [6.07, 6.45) is 0. The average molecular weight is 221 g/mol. The van der Waals surface area contributed by atoms with E-state index in [9.17, 15) is 17.2 Å². The normalized spacial score (nSPS) is 11.7. The molecule has 14 heavy (non-hydrogen) atoms. The fourth-order valence-electron chi connectivity index (χ4n) is 1.12. The van der Waals surface area contributed by atoms with Crippen LogP contribution >= 0.6 is 0 Å².